The lowest BCUT2D eigenvalue weighted by Crippen LogP contribution is -2.50. The molecule has 0 unspecified atom stereocenters. The zero-order valence-corrected chi connectivity index (χ0v) is 15.1. The van der Waals surface area contributed by atoms with Crippen molar-refractivity contribution in [3.8, 4) is 0 Å². The lowest BCUT2D eigenvalue weighted by molar-refractivity contribution is 0.118. The highest BCUT2D eigenvalue weighted by Crippen LogP contribution is 2.42. The number of nitrogens with zero attached hydrogens (tertiary/aromatic N) is 2. The van der Waals surface area contributed by atoms with Crippen LogP contribution in [0, 0.1) is 0 Å². The lowest BCUT2D eigenvalue weighted by atomic mass is 9.85. The fraction of sp³-hybridized carbons (Fsp3) is 0.273. The summed E-state index contributed by atoms with van der Waals surface area (Å²) < 4.78 is 0. The van der Waals surface area contributed by atoms with E-state index in [9.17, 15) is 5.11 Å². The van der Waals surface area contributed by atoms with Gasteiger partial charge in [-0.15, -0.1) is 0 Å². The van der Waals surface area contributed by atoms with Crippen LogP contribution in [-0.4, -0.2) is 48.2 Å². The summed E-state index contributed by atoms with van der Waals surface area (Å²) in [7, 11) is 2.15. The van der Waals surface area contributed by atoms with Crippen molar-refractivity contribution < 1.29 is 5.11 Å². The Balaban J connectivity index is 1.66. The summed E-state index contributed by atoms with van der Waals surface area (Å²) >= 11 is 0. The maximum Gasteiger partial charge on any atom is 0.136 e. The van der Waals surface area contributed by atoms with E-state index < -0.39 is 5.60 Å². The molecule has 0 bridgehead atoms. The number of hydrogen-bond donors (Lipinski definition) is 2. The number of hydrazine groups is 1. The third-order valence-corrected chi connectivity index (χ3v) is 5.16. The number of piperazine rings is 1. The molecule has 0 radical (unpaired) electrons. The number of likely N-dealkylation sites (N-methyl/N-ethyl adjacent to an activating group) is 1. The number of aliphatic hydroxyl groups is 1. The Bertz CT molecular complexity index is 808. The van der Waals surface area contributed by atoms with E-state index in [0.29, 0.717) is 0 Å². The SMILES string of the molecule is CN1CCN(NC2=C[C@](O)(c3ccccc3)C(c3ccccc3)=C2)CC1. The highest BCUT2D eigenvalue weighted by Gasteiger charge is 2.37. The van der Waals surface area contributed by atoms with Crippen LogP contribution in [0.5, 0.6) is 0 Å². The van der Waals surface area contributed by atoms with Crippen LogP contribution in [0.25, 0.3) is 5.57 Å². The van der Waals surface area contributed by atoms with Crippen LogP contribution in [0.4, 0.5) is 0 Å². The minimum Gasteiger partial charge on any atom is -0.377 e. The van der Waals surface area contributed by atoms with E-state index in [1.165, 1.54) is 0 Å². The molecule has 0 saturated carbocycles. The Hall–Kier alpha value is -2.40. The largest absolute Gasteiger partial charge is 0.377 e. The molecule has 1 atom stereocenters. The van der Waals surface area contributed by atoms with Gasteiger partial charge in [0.25, 0.3) is 0 Å². The lowest BCUT2D eigenvalue weighted by Gasteiger charge is -2.33. The highest BCUT2D eigenvalue weighted by molar-refractivity contribution is 5.81. The second kappa shape index (κ2) is 7.08. The van der Waals surface area contributed by atoms with Crippen molar-refractivity contribution in [3.63, 3.8) is 0 Å². The van der Waals surface area contributed by atoms with Gasteiger partial charge in [0, 0.05) is 37.4 Å². The number of hydrogen-bond acceptors (Lipinski definition) is 4. The smallest absolute Gasteiger partial charge is 0.136 e. The summed E-state index contributed by atoms with van der Waals surface area (Å²) in [6.45, 7) is 4.01. The Morgan fingerprint density at radius 3 is 2.15 bits per heavy atom. The minimum absolute atomic E-state index is 0.880. The van der Waals surface area contributed by atoms with Crippen LogP contribution in [-0.2, 0) is 5.60 Å². The van der Waals surface area contributed by atoms with Gasteiger partial charge in [-0.1, -0.05) is 60.7 Å². The van der Waals surface area contributed by atoms with Gasteiger partial charge in [-0.25, -0.2) is 5.01 Å². The maximum atomic E-state index is 11.6. The molecule has 134 valence electrons. The van der Waals surface area contributed by atoms with E-state index in [1.807, 2.05) is 66.7 Å². The molecule has 1 aliphatic heterocycles. The van der Waals surface area contributed by atoms with Crippen LogP contribution >= 0.6 is 0 Å². The summed E-state index contributed by atoms with van der Waals surface area (Å²) in [6.07, 6.45) is 4.00. The monoisotopic (exact) mass is 347 g/mol. The predicted molar refractivity (Wildman–Crippen MR) is 105 cm³/mol. The molecule has 2 aromatic carbocycles. The van der Waals surface area contributed by atoms with Gasteiger partial charge in [-0.2, -0.15) is 0 Å². The van der Waals surface area contributed by atoms with E-state index in [2.05, 4.69) is 28.5 Å². The third kappa shape index (κ3) is 3.31. The molecule has 4 rings (SSSR count). The van der Waals surface area contributed by atoms with Crippen molar-refractivity contribution in [1.29, 1.82) is 0 Å². The molecular weight excluding hydrogens is 322 g/mol. The fourth-order valence-corrected chi connectivity index (χ4v) is 3.63. The van der Waals surface area contributed by atoms with Crippen LogP contribution in [0.1, 0.15) is 11.1 Å². The van der Waals surface area contributed by atoms with E-state index in [0.717, 1.165) is 48.6 Å². The molecule has 0 aromatic heterocycles. The molecule has 4 nitrogen and oxygen atoms in total. The summed E-state index contributed by atoms with van der Waals surface area (Å²) in [5.41, 5.74) is 6.13. The van der Waals surface area contributed by atoms with Gasteiger partial charge in [0.15, 0.2) is 0 Å². The second-order valence-electron chi connectivity index (χ2n) is 7.06. The first-order valence-corrected chi connectivity index (χ1v) is 9.14. The second-order valence-corrected chi connectivity index (χ2v) is 7.06. The van der Waals surface area contributed by atoms with Crippen molar-refractivity contribution in [1.82, 2.24) is 15.3 Å². The zero-order valence-electron chi connectivity index (χ0n) is 15.1. The topological polar surface area (TPSA) is 38.7 Å². The predicted octanol–water partition coefficient (Wildman–Crippen LogP) is 2.61. The Labute approximate surface area is 155 Å². The number of allylic oxidation sites excluding steroid dienone is 1. The minimum atomic E-state index is -1.13. The Morgan fingerprint density at radius 1 is 0.885 bits per heavy atom. The van der Waals surface area contributed by atoms with Crippen LogP contribution < -0.4 is 5.43 Å². The van der Waals surface area contributed by atoms with Crippen molar-refractivity contribution in [2.75, 3.05) is 33.2 Å². The summed E-state index contributed by atoms with van der Waals surface area (Å²) in [5, 5.41) is 13.8. The first-order chi connectivity index (χ1) is 12.6. The fourth-order valence-electron chi connectivity index (χ4n) is 3.63. The molecule has 0 amide bonds. The quantitative estimate of drug-likeness (QED) is 0.892. The molecule has 1 heterocycles. The standard InChI is InChI=1S/C22H25N3O/c1-24-12-14-25(15-13-24)23-20-16-21(18-8-4-2-5-9-18)22(26,17-20)19-10-6-3-7-11-19/h2-11,16-17,23,26H,12-15H2,1H3/t22-/m0/s1. The molecule has 1 fully saturated rings. The number of benzene rings is 2. The van der Waals surface area contributed by atoms with Crippen molar-refractivity contribution >= 4 is 5.57 Å². The average Bonchev–Trinajstić information content (AvgIpc) is 3.02. The summed E-state index contributed by atoms with van der Waals surface area (Å²) in [4.78, 5) is 2.33. The van der Waals surface area contributed by atoms with E-state index >= 15 is 0 Å². The van der Waals surface area contributed by atoms with Gasteiger partial charge in [0.05, 0.1) is 0 Å². The summed E-state index contributed by atoms with van der Waals surface area (Å²) in [6, 6.07) is 20.0. The van der Waals surface area contributed by atoms with Gasteiger partial charge in [0.1, 0.15) is 5.60 Å². The Morgan fingerprint density at radius 2 is 1.50 bits per heavy atom. The van der Waals surface area contributed by atoms with E-state index in [4.69, 9.17) is 0 Å². The molecule has 1 aliphatic carbocycles. The average molecular weight is 347 g/mol. The van der Waals surface area contributed by atoms with E-state index in [1.54, 1.807) is 0 Å². The van der Waals surface area contributed by atoms with Crippen LogP contribution in [0.2, 0.25) is 0 Å². The molecule has 4 heteroatoms. The van der Waals surface area contributed by atoms with Gasteiger partial charge in [0.2, 0.25) is 0 Å². The molecule has 0 spiro atoms. The van der Waals surface area contributed by atoms with Gasteiger partial charge in [-0.05, 0) is 30.3 Å². The Kier molecular flexibility index (Phi) is 4.64. The van der Waals surface area contributed by atoms with Crippen molar-refractivity contribution in [2.45, 2.75) is 5.60 Å². The van der Waals surface area contributed by atoms with Gasteiger partial charge in [-0.3, -0.25) is 0 Å². The van der Waals surface area contributed by atoms with Crippen molar-refractivity contribution in [3.05, 3.63) is 89.6 Å². The van der Waals surface area contributed by atoms with Crippen molar-refractivity contribution in [2.24, 2.45) is 0 Å². The normalized spacial score (nSPS) is 24.2. The first kappa shape index (κ1) is 17.0. The molecule has 1 saturated heterocycles. The van der Waals surface area contributed by atoms with Crippen LogP contribution in [0.3, 0.4) is 0 Å². The van der Waals surface area contributed by atoms with Gasteiger partial charge < -0.3 is 15.4 Å². The van der Waals surface area contributed by atoms with Crippen LogP contribution in [0.15, 0.2) is 78.5 Å². The maximum absolute atomic E-state index is 11.6. The van der Waals surface area contributed by atoms with Gasteiger partial charge >= 0.3 is 0 Å². The third-order valence-electron chi connectivity index (χ3n) is 5.16. The molecule has 2 aromatic rings. The molecule has 2 aliphatic rings. The highest BCUT2D eigenvalue weighted by atomic mass is 16.3. The molecular formula is C22H25N3O. The zero-order chi connectivity index (χ0) is 18.0. The summed E-state index contributed by atoms with van der Waals surface area (Å²) in [5.74, 6) is 0. The van der Waals surface area contributed by atoms with E-state index in [-0.39, 0.29) is 0 Å². The first-order valence-electron chi connectivity index (χ1n) is 9.14. The molecule has 26 heavy (non-hydrogen) atoms. The number of nitrogens with one attached hydrogen (secondary N) is 1. The molecule has 2 N–H and O–H groups in total. The number of rotatable bonds is 4.